The summed E-state index contributed by atoms with van der Waals surface area (Å²) in [5.74, 6) is 0.220. The van der Waals surface area contributed by atoms with Crippen LogP contribution in [0.25, 0.3) is 0 Å². The Kier molecular flexibility index (Phi) is 4.02. The minimum absolute atomic E-state index is 0.00200. The summed E-state index contributed by atoms with van der Waals surface area (Å²) in [6.07, 6.45) is 4.28. The first-order valence-electron chi connectivity index (χ1n) is 8.47. The molecule has 0 unspecified atom stereocenters. The molecule has 1 aromatic carbocycles. The second-order valence-electron chi connectivity index (χ2n) is 6.48. The van der Waals surface area contributed by atoms with Crippen LogP contribution in [0.15, 0.2) is 77.6 Å². The fourth-order valence-electron chi connectivity index (χ4n) is 3.76. The van der Waals surface area contributed by atoms with Gasteiger partial charge in [0, 0.05) is 30.8 Å². The molecule has 2 aliphatic rings. The van der Waals surface area contributed by atoms with Gasteiger partial charge in [0.05, 0.1) is 5.92 Å². The molecule has 4 rings (SSSR count). The Morgan fingerprint density at radius 2 is 1.81 bits per heavy atom. The van der Waals surface area contributed by atoms with Gasteiger partial charge in [-0.3, -0.25) is 9.78 Å². The van der Waals surface area contributed by atoms with Gasteiger partial charge < -0.3 is 10.5 Å². The highest BCUT2D eigenvalue weighted by Crippen LogP contribution is 2.46. The molecule has 1 aromatic heterocycles. The highest BCUT2D eigenvalue weighted by atomic mass is 16.5. The molecule has 5 nitrogen and oxygen atoms in total. The Bertz CT molecular complexity index is 956. The zero-order valence-electron chi connectivity index (χ0n) is 14.1. The van der Waals surface area contributed by atoms with Crippen LogP contribution in [0, 0.1) is 11.3 Å². The van der Waals surface area contributed by atoms with Crippen LogP contribution in [-0.2, 0) is 9.53 Å². The molecule has 1 aliphatic heterocycles. The van der Waals surface area contributed by atoms with Crippen molar-refractivity contribution in [3.05, 3.63) is 88.8 Å². The van der Waals surface area contributed by atoms with E-state index in [1.165, 1.54) is 0 Å². The van der Waals surface area contributed by atoms with Crippen LogP contribution in [-0.4, -0.2) is 10.8 Å². The van der Waals surface area contributed by atoms with E-state index in [1.54, 1.807) is 12.4 Å². The van der Waals surface area contributed by atoms with Crippen molar-refractivity contribution in [1.29, 1.82) is 5.26 Å². The number of carbonyl (C=O) groups excluding carboxylic acids is 1. The molecule has 2 N–H and O–H groups in total. The number of ketones is 1. The number of benzene rings is 1. The molecule has 5 heteroatoms. The van der Waals surface area contributed by atoms with E-state index >= 15 is 0 Å². The third-order valence-corrected chi connectivity index (χ3v) is 4.97. The summed E-state index contributed by atoms with van der Waals surface area (Å²) >= 11 is 0. The van der Waals surface area contributed by atoms with Gasteiger partial charge in [-0.2, -0.15) is 5.26 Å². The van der Waals surface area contributed by atoms with Crippen LogP contribution in [0.4, 0.5) is 0 Å². The Labute approximate surface area is 151 Å². The maximum absolute atomic E-state index is 13.0. The van der Waals surface area contributed by atoms with Gasteiger partial charge in [-0.1, -0.05) is 30.3 Å². The number of nitriles is 1. The summed E-state index contributed by atoms with van der Waals surface area (Å²) in [7, 11) is 0. The van der Waals surface area contributed by atoms with Gasteiger partial charge in [-0.15, -0.1) is 0 Å². The van der Waals surface area contributed by atoms with Crippen molar-refractivity contribution in [2.24, 2.45) is 5.73 Å². The van der Waals surface area contributed by atoms with Crippen LogP contribution in [0.1, 0.15) is 35.8 Å². The third kappa shape index (κ3) is 2.66. The minimum Gasteiger partial charge on any atom is -0.444 e. The van der Waals surface area contributed by atoms with Crippen molar-refractivity contribution in [3.8, 4) is 6.07 Å². The number of pyridine rings is 1. The summed E-state index contributed by atoms with van der Waals surface area (Å²) in [5, 5.41) is 9.58. The lowest BCUT2D eigenvalue weighted by molar-refractivity contribution is -0.117. The van der Waals surface area contributed by atoms with E-state index in [4.69, 9.17) is 10.5 Å². The van der Waals surface area contributed by atoms with Crippen LogP contribution in [0.5, 0.6) is 0 Å². The Hall–Kier alpha value is -3.39. The minimum atomic E-state index is -0.490. The highest BCUT2D eigenvalue weighted by molar-refractivity contribution is 6.00. The fourth-order valence-corrected chi connectivity index (χ4v) is 3.76. The molecule has 0 amide bonds. The van der Waals surface area contributed by atoms with Crippen LogP contribution < -0.4 is 5.73 Å². The van der Waals surface area contributed by atoms with E-state index in [-0.39, 0.29) is 23.2 Å². The second kappa shape index (κ2) is 6.49. The summed E-state index contributed by atoms with van der Waals surface area (Å²) in [5.41, 5.74) is 8.78. The van der Waals surface area contributed by atoms with Crippen molar-refractivity contribution >= 4 is 5.78 Å². The Balaban J connectivity index is 1.79. The van der Waals surface area contributed by atoms with Crippen molar-refractivity contribution in [2.75, 3.05) is 0 Å². The van der Waals surface area contributed by atoms with Gasteiger partial charge in [0.15, 0.2) is 5.78 Å². The normalized spacial score (nSPS) is 22.5. The van der Waals surface area contributed by atoms with Gasteiger partial charge in [0.1, 0.15) is 17.4 Å². The van der Waals surface area contributed by atoms with Gasteiger partial charge in [0.2, 0.25) is 5.88 Å². The average molecular weight is 343 g/mol. The number of Topliss-reactive ketones (excluding diaryl/α,β-unsaturated/α-hetero) is 1. The SMILES string of the molecule is N#CC1=C(N)OC2=C(C(=O)C[C@H](c3ccccc3)C2)[C@@H]1c1ccncc1. The molecule has 2 heterocycles. The Morgan fingerprint density at radius 3 is 2.50 bits per heavy atom. The zero-order valence-corrected chi connectivity index (χ0v) is 14.1. The molecular weight excluding hydrogens is 326 g/mol. The molecule has 0 radical (unpaired) electrons. The molecule has 2 atom stereocenters. The standard InChI is InChI=1S/C21H17N3O2/c22-12-16-19(14-6-8-24-9-7-14)20-17(25)10-15(11-18(20)26-21(16)23)13-4-2-1-3-5-13/h1-9,15,19H,10-11,23H2/t15-,19+/m0/s1. The summed E-state index contributed by atoms with van der Waals surface area (Å²) in [4.78, 5) is 17.1. The molecule has 0 saturated heterocycles. The number of hydrogen-bond acceptors (Lipinski definition) is 5. The molecule has 0 fully saturated rings. The lowest BCUT2D eigenvalue weighted by Crippen LogP contribution is -2.29. The van der Waals surface area contributed by atoms with Gasteiger partial charge in [-0.25, -0.2) is 0 Å². The summed E-state index contributed by atoms with van der Waals surface area (Å²) in [6, 6.07) is 15.7. The van der Waals surface area contributed by atoms with E-state index in [2.05, 4.69) is 11.1 Å². The van der Waals surface area contributed by atoms with Gasteiger partial charge in [0.25, 0.3) is 0 Å². The fraction of sp³-hybridized carbons (Fsp3) is 0.190. The van der Waals surface area contributed by atoms with Crippen molar-refractivity contribution in [1.82, 2.24) is 4.98 Å². The van der Waals surface area contributed by atoms with E-state index in [0.29, 0.717) is 24.2 Å². The number of rotatable bonds is 2. The quantitative estimate of drug-likeness (QED) is 0.904. The first-order chi connectivity index (χ1) is 12.7. The smallest absolute Gasteiger partial charge is 0.205 e. The number of allylic oxidation sites excluding steroid dienone is 3. The van der Waals surface area contributed by atoms with Crippen LogP contribution in [0.3, 0.4) is 0 Å². The lowest BCUT2D eigenvalue weighted by atomic mass is 9.74. The number of nitrogens with zero attached hydrogens (tertiary/aromatic N) is 2. The number of hydrogen-bond donors (Lipinski definition) is 1. The molecule has 128 valence electrons. The molecule has 0 bridgehead atoms. The molecule has 26 heavy (non-hydrogen) atoms. The van der Waals surface area contributed by atoms with Crippen molar-refractivity contribution < 1.29 is 9.53 Å². The maximum atomic E-state index is 13.0. The van der Waals surface area contributed by atoms with Gasteiger partial charge >= 0.3 is 0 Å². The predicted octanol–water partition coefficient (Wildman–Crippen LogP) is 3.29. The number of carbonyl (C=O) groups is 1. The first-order valence-corrected chi connectivity index (χ1v) is 8.47. The second-order valence-corrected chi connectivity index (χ2v) is 6.48. The van der Waals surface area contributed by atoms with E-state index in [9.17, 15) is 10.1 Å². The van der Waals surface area contributed by atoms with Crippen LogP contribution in [0.2, 0.25) is 0 Å². The average Bonchev–Trinajstić information content (AvgIpc) is 2.68. The zero-order chi connectivity index (χ0) is 18.1. The number of nitrogens with two attached hydrogens (primary N) is 1. The monoisotopic (exact) mass is 343 g/mol. The molecule has 0 spiro atoms. The summed E-state index contributed by atoms with van der Waals surface area (Å²) in [6.45, 7) is 0. The number of ether oxygens (including phenoxy) is 1. The molecular formula is C21H17N3O2. The lowest BCUT2D eigenvalue weighted by Gasteiger charge is -2.34. The largest absolute Gasteiger partial charge is 0.444 e. The number of aromatic nitrogens is 1. The van der Waals surface area contributed by atoms with E-state index < -0.39 is 5.92 Å². The molecule has 0 saturated carbocycles. The van der Waals surface area contributed by atoms with E-state index in [1.807, 2.05) is 42.5 Å². The predicted molar refractivity (Wildman–Crippen MR) is 95.3 cm³/mol. The van der Waals surface area contributed by atoms with Crippen LogP contribution >= 0.6 is 0 Å². The topological polar surface area (TPSA) is 89.0 Å². The highest BCUT2D eigenvalue weighted by Gasteiger charge is 2.40. The molecule has 2 aromatic rings. The maximum Gasteiger partial charge on any atom is 0.205 e. The van der Waals surface area contributed by atoms with Crippen molar-refractivity contribution in [3.63, 3.8) is 0 Å². The van der Waals surface area contributed by atoms with Gasteiger partial charge in [-0.05, 0) is 29.2 Å². The first kappa shape index (κ1) is 16.1. The third-order valence-electron chi connectivity index (χ3n) is 4.97. The van der Waals surface area contributed by atoms with E-state index in [0.717, 1.165) is 11.1 Å². The van der Waals surface area contributed by atoms with Crippen molar-refractivity contribution in [2.45, 2.75) is 24.7 Å². The Morgan fingerprint density at radius 1 is 1.08 bits per heavy atom. The molecule has 1 aliphatic carbocycles. The summed E-state index contributed by atoms with van der Waals surface area (Å²) < 4.78 is 5.75.